The number of pyridine rings is 2. The summed E-state index contributed by atoms with van der Waals surface area (Å²) in [5.41, 5.74) is 12.5. The Morgan fingerprint density at radius 3 is 1.12 bits per heavy atom. The summed E-state index contributed by atoms with van der Waals surface area (Å²) in [7, 11) is 0. The lowest BCUT2D eigenvalue weighted by Gasteiger charge is -2.25. The molecule has 0 saturated carbocycles. The van der Waals surface area contributed by atoms with Gasteiger partial charge in [0.25, 0.3) is 0 Å². The zero-order chi connectivity index (χ0) is 49.2. The van der Waals surface area contributed by atoms with Gasteiger partial charge in [0, 0.05) is 36.4 Å². The molecular formula is C64H68N2O6. The molecule has 2 aliphatic rings. The highest BCUT2D eigenvalue weighted by atomic mass is 16.5. The van der Waals surface area contributed by atoms with E-state index in [1.54, 1.807) is 0 Å². The van der Waals surface area contributed by atoms with E-state index in [0.717, 1.165) is 189 Å². The van der Waals surface area contributed by atoms with Gasteiger partial charge in [0.15, 0.2) is 0 Å². The van der Waals surface area contributed by atoms with E-state index >= 15 is 0 Å². The highest BCUT2D eigenvalue weighted by Gasteiger charge is 2.25. The van der Waals surface area contributed by atoms with Gasteiger partial charge in [-0.25, -0.2) is 0 Å². The van der Waals surface area contributed by atoms with Crippen molar-refractivity contribution in [1.82, 2.24) is 9.97 Å². The van der Waals surface area contributed by atoms with E-state index in [4.69, 9.17) is 38.4 Å². The Kier molecular flexibility index (Phi) is 15.8. The number of hydrogen-bond donors (Lipinski definition) is 0. The SMILES string of the molecule is CCCOc1cc(C2CCCCO2)cc(OCCC)c1-c1ccc(-c2cccc3cc(-c4cc5cccc(-c6ccc(-c7c(OCCC)cc(C8CCCCO8)cc7OCCC)cc6)c5cn4)ncc23)cc1. The molecule has 72 heavy (non-hydrogen) atoms. The van der Waals surface area contributed by atoms with E-state index < -0.39 is 0 Å². The third-order valence-electron chi connectivity index (χ3n) is 13.9. The maximum atomic E-state index is 6.46. The van der Waals surface area contributed by atoms with Crippen molar-refractivity contribution in [3.8, 4) is 78.9 Å². The summed E-state index contributed by atoms with van der Waals surface area (Å²) < 4.78 is 38.3. The van der Waals surface area contributed by atoms with Crippen LogP contribution >= 0.6 is 0 Å². The second-order valence-corrected chi connectivity index (χ2v) is 19.2. The average molecular weight is 961 g/mol. The number of nitrogens with zero attached hydrogens (tertiary/aromatic N) is 2. The summed E-state index contributed by atoms with van der Waals surface area (Å²) >= 11 is 0. The summed E-state index contributed by atoms with van der Waals surface area (Å²) in [6.45, 7) is 12.6. The van der Waals surface area contributed by atoms with Crippen LogP contribution in [0.5, 0.6) is 23.0 Å². The van der Waals surface area contributed by atoms with Crippen LogP contribution in [0.1, 0.15) is 115 Å². The maximum Gasteiger partial charge on any atom is 0.131 e. The van der Waals surface area contributed by atoms with Gasteiger partial charge in [-0.05, 0) is 156 Å². The van der Waals surface area contributed by atoms with Gasteiger partial charge in [0.1, 0.15) is 23.0 Å². The van der Waals surface area contributed by atoms with E-state index in [1.165, 1.54) is 0 Å². The molecule has 0 spiro atoms. The quantitative estimate of drug-likeness (QED) is 0.0793. The minimum absolute atomic E-state index is 0.0567. The van der Waals surface area contributed by atoms with Gasteiger partial charge in [0.2, 0.25) is 0 Å². The molecule has 0 amide bonds. The first-order valence-corrected chi connectivity index (χ1v) is 26.6. The molecule has 6 aromatic carbocycles. The van der Waals surface area contributed by atoms with Crippen LogP contribution in [-0.4, -0.2) is 49.6 Å². The molecule has 0 radical (unpaired) electrons. The third-order valence-corrected chi connectivity index (χ3v) is 13.9. The number of aromatic nitrogens is 2. The molecule has 10 rings (SSSR count). The second-order valence-electron chi connectivity index (χ2n) is 19.2. The van der Waals surface area contributed by atoms with E-state index in [2.05, 4.69) is 149 Å². The van der Waals surface area contributed by atoms with Gasteiger partial charge >= 0.3 is 0 Å². The normalized spacial score (nSPS) is 15.9. The van der Waals surface area contributed by atoms with Crippen LogP contribution in [0, 0.1) is 0 Å². The summed E-state index contributed by atoms with van der Waals surface area (Å²) in [4.78, 5) is 10.1. The zero-order valence-electron chi connectivity index (χ0n) is 42.5. The molecule has 370 valence electrons. The van der Waals surface area contributed by atoms with Crippen LogP contribution in [0.4, 0.5) is 0 Å². The molecule has 8 nitrogen and oxygen atoms in total. The number of ether oxygens (including phenoxy) is 6. The van der Waals surface area contributed by atoms with Crippen LogP contribution in [0.15, 0.2) is 134 Å². The lowest BCUT2D eigenvalue weighted by atomic mass is 9.93. The lowest BCUT2D eigenvalue weighted by molar-refractivity contribution is 0.0146. The van der Waals surface area contributed by atoms with Crippen molar-refractivity contribution in [3.05, 3.63) is 145 Å². The highest BCUT2D eigenvalue weighted by Crippen LogP contribution is 2.46. The summed E-state index contributed by atoms with van der Waals surface area (Å²) in [6.07, 6.45) is 14.3. The molecule has 8 heteroatoms. The first-order valence-electron chi connectivity index (χ1n) is 26.6. The van der Waals surface area contributed by atoms with E-state index in [9.17, 15) is 0 Å². The Hall–Kier alpha value is -6.74. The number of rotatable bonds is 19. The smallest absolute Gasteiger partial charge is 0.131 e. The molecule has 0 aliphatic carbocycles. The van der Waals surface area contributed by atoms with Crippen LogP contribution < -0.4 is 18.9 Å². The fourth-order valence-corrected chi connectivity index (χ4v) is 10.2. The van der Waals surface area contributed by atoms with Crippen LogP contribution in [0.25, 0.3) is 77.4 Å². The van der Waals surface area contributed by atoms with Gasteiger partial charge in [-0.3, -0.25) is 9.97 Å². The fourth-order valence-electron chi connectivity index (χ4n) is 10.2. The summed E-state index contributed by atoms with van der Waals surface area (Å²) in [5.74, 6) is 3.38. The van der Waals surface area contributed by atoms with Crippen molar-refractivity contribution in [2.24, 2.45) is 0 Å². The van der Waals surface area contributed by atoms with Crippen molar-refractivity contribution in [3.63, 3.8) is 0 Å². The van der Waals surface area contributed by atoms with Gasteiger partial charge in [-0.15, -0.1) is 0 Å². The summed E-state index contributed by atoms with van der Waals surface area (Å²) in [6, 6.07) is 43.5. The number of fused-ring (bicyclic) bond motifs is 2. The number of hydrogen-bond acceptors (Lipinski definition) is 8. The Labute approximate surface area is 425 Å². The Morgan fingerprint density at radius 2 is 0.792 bits per heavy atom. The molecule has 0 bridgehead atoms. The fraction of sp³-hybridized carbons (Fsp3) is 0.344. The minimum Gasteiger partial charge on any atom is -0.493 e. The van der Waals surface area contributed by atoms with Crippen molar-refractivity contribution < 1.29 is 28.4 Å². The largest absolute Gasteiger partial charge is 0.493 e. The predicted molar refractivity (Wildman–Crippen MR) is 292 cm³/mol. The van der Waals surface area contributed by atoms with Gasteiger partial charge in [-0.2, -0.15) is 0 Å². The molecular weight excluding hydrogens is 893 g/mol. The minimum atomic E-state index is 0.0567. The van der Waals surface area contributed by atoms with E-state index in [1.807, 2.05) is 12.4 Å². The molecule has 0 N–H and O–H groups in total. The summed E-state index contributed by atoms with van der Waals surface area (Å²) in [5, 5.41) is 4.37. The lowest BCUT2D eigenvalue weighted by Crippen LogP contribution is -2.12. The van der Waals surface area contributed by atoms with E-state index in [-0.39, 0.29) is 12.2 Å². The van der Waals surface area contributed by atoms with Crippen LogP contribution in [0.3, 0.4) is 0 Å². The molecule has 4 heterocycles. The van der Waals surface area contributed by atoms with Crippen molar-refractivity contribution in [2.75, 3.05) is 39.6 Å². The van der Waals surface area contributed by atoms with Gasteiger partial charge in [-0.1, -0.05) is 113 Å². The zero-order valence-corrected chi connectivity index (χ0v) is 42.5. The molecule has 2 aromatic heterocycles. The monoisotopic (exact) mass is 961 g/mol. The molecule has 2 atom stereocenters. The first-order chi connectivity index (χ1) is 35.5. The molecule has 8 aromatic rings. The predicted octanol–water partition coefficient (Wildman–Crippen LogP) is 16.8. The Bertz CT molecular complexity index is 2830. The molecule has 2 unspecified atom stereocenters. The molecule has 2 fully saturated rings. The van der Waals surface area contributed by atoms with Gasteiger partial charge in [0.05, 0.1) is 61.2 Å². The van der Waals surface area contributed by atoms with E-state index in [0.29, 0.717) is 26.4 Å². The standard InChI is InChI=1S/C64H68N2O6/c1-5-29-67-59-37-49(57-19-9-11-33-71-57)38-60(68-30-6-2)63(59)45-25-21-43(22-26-45)51-17-13-15-47-35-55(65-41-53(47)51)56-36-48-16-14-18-52(54(48)42-66-56)44-23-27-46(28-24-44)64-61(69-31-7-3)39-50(40-62(64)70-32-8-4)58-20-10-12-34-72-58/h13-18,21-28,35-42,57-58H,5-12,19-20,29-34H2,1-4H3. The van der Waals surface area contributed by atoms with Crippen molar-refractivity contribution >= 4 is 21.5 Å². The molecule has 2 saturated heterocycles. The van der Waals surface area contributed by atoms with Crippen molar-refractivity contribution in [1.29, 1.82) is 0 Å². The number of benzene rings is 6. The van der Waals surface area contributed by atoms with Crippen LogP contribution in [0.2, 0.25) is 0 Å². The topological polar surface area (TPSA) is 81.2 Å². The maximum absolute atomic E-state index is 6.46. The highest BCUT2D eigenvalue weighted by molar-refractivity contribution is 6.00. The Morgan fingerprint density at radius 1 is 0.431 bits per heavy atom. The van der Waals surface area contributed by atoms with Gasteiger partial charge < -0.3 is 28.4 Å². The first kappa shape index (κ1) is 48.9. The van der Waals surface area contributed by atoms with Crippen molar-refractivity contribution in [2.45, 2.75) is 104 Å². The Balaban J connectivity index is 0.920. The third kappa shape index (κ3) is 10.7. The molecule has 2 aliphatic heterocycles. The van der Waals surface area contributed by atoms with Crippen LogP contribution in [-0.2, 0) is 9.47 Å². The average Bonchev–Trinajstić information content (AvgIpc) is 3.44. The second kappa shape index (κ2) is 23.2.